The van der Waals surface area contributed by atoms with E-state index in [1.54, 1.807) is 0 Å². The Hall–Kier alpha value is -0.730. The first kappa shape index (κ1) is 14.7. The third-order valence-electron chi connectivity index (χ3n) is 4.07. The van der Waals surface area contributed by atoms with E-state index in [2.05, 4.69) is 29.3 Å². The number of rotatable bonds is 4. The van der Waals surface area contributed by atoms with Crippen molar-refractivity contribution >= 4 is 17.3 Å². The summed E-state index contributed by atoms with van der Waals surface area (Å²) in [5.74, 6) is 0. The third-order valence-corrected chi connectivity index (χ3v) is 4.31. The first-order chi connectivity index (χ1) is 9.26. The number of benzene rings is 1. The van der Waals surface area contributed by atoms with Crippen LogP contribution in [0.3, 0.4) is 0 Å². The molecular weight excluding hydrogens is 256 g/mol. The van der Waals surface area contributed by atoms with Gasteiger partial charge in [0.25, 0.3) is 0 Å². The molecule has 1 fully saturated rings. The molecule has 0 aromatic heterocycles. The zero-order valence-corrected chi connectivity index (χ0v) is 12.8. The molecule has 0 bridgehead atoms. The van der Waals surface area contributed by atoms with Gasteiger partial charge in [0.15, 0.2) is 0 Å². The molecule has 19 heavy (non-hydrogen) atoms. The van der Waals surface area contributed by atoms with Crippen molar-refractivity contribution in [2.24, 2.45) is 0 Å². The molecular formula is C16H25ClN2. The van der Waals surface area contributed by atoms with E-state index < -0.39 is 0 Å². The predicted molar refractivity (Wildman–Crippen MR) is 84.1 cm³/mol. The fourth-order valence-electron chi connectivity index (χ4n) is 3.06. The van der Waals surface area contributed by atoms with Gasteiger partial charge in [0, 0.05) is 29.8 Å². The van der Waals surface area contributed by atoms with E-state index in [4.69, 9.17) is 11.6 Å². The van der Waals surface area contributed by atoms with Crippen molar-refractivity contribution in [3.05, 3.63) is 28.8 Å². The van der Waals surface area contributed by atoms with E-state index in [9.17, 15) is 0 Å². The SMILES string of the molecule is CCC1CCCCCN1c1cc(Cl)ccc1CNC. The monoisotopic (exact) mass is 280 g/mol. The molecule has 2 rings (SSSR count). The maximum Gasteiger partial charge on any atom is 0.0429 e. The summed E-state index contributed by atoms with van der Waals surface area (Å²) in [4.78, 5) is 2.59. The molecule has 1 N–H and O–H groups in total. The Labute approximate surface area is 122 Å². The Kier molecular flexibility index (Phi) is 5.53. The van der Waals surface area contributed by atoms with Crippen LogP contribution in [0.25, 0.3) is 0 Å². The Morgan fingerprint density at radius 1 is 1.32 bits per heavy atom. The minimum absolute atomic E-state index is 0.663. The molecule has 0 amide bonds. The third kappa shape index (κ3) is 3.64. The van der Waals surface area contributed by atoms with E-state index in [1.165, 1.54) is 43.4 Å². The van der Waals surface area contributed by atoms with Gasteiger partial charge in [-0.25, -0.2) is 0 Å². The smallest absolute Gasteiger partial charge is 0.0429 e. The maximum atomic E-state index is 6.22. The molecule has 1 unspecified atom stereocenters. The molecule has 1 aromatic carbocycles. The van der Waals surface area contributed by atoms with Crippen LogP contribution in [0, 0.1) is 0 Å². The van der Waals surface area contributed by atoms with Gasteiger partial charge in [-0.05, 0) is 44.0 Å². The van der Waals surface area contributed by atoms with Crippen LogP contribution >= 0.6 is 11.6 Å². The van der Waals surface area contributed by atoms with Gasteiger partial charge < -0.3 is 10.2 Å². The number of nitrogens with zero attached hydrogens (tertiary/aromatic N) is 1. The fraction of sp³-hybridized carbons (Fsp3) is 0.625. The van der Waals surface area contributed by atoms with Crippen molar-refractivity contribution in [3.8, 4) is 0 Å². The first-order valence-electron chi connectivity index (χ1n) is 7.46. The van der Waals surface area contributed by atoms with Gasteiger partial charge >= 0.3 is 0 Å². The van der Waals surface area contributed by atoms with Crippen LogP contribution in [0.1, 0.15) is 44.6 Å². The molecule has 1 aliphatic rings. The van der Waals surface area contributed by atoms with Crippen molar-refractivity contribution < 1.29 is 0 Å². The Bertz CT molecular complexity index is 406. The van der Waals surface area contributed by atoms with E-state index in [0.717, 1.165) is 18.1 Å². The molecule has 0 aliphatic carbocycles. The molecule has 2 nitrogen and oxygen atoms in total. The van der Waals surface area contributed by atoms with E-state index in [0.29, 0.717) is 6.04 Å². The molecule has 3 heteroatoms. The van der Waals surface area contributed by atoms with Gasteiger partial charge in [-0.1, -0.05) is 37.4 Å². The standard InChI is InChI=1S/C16H25ClN2/c1-3-15-7-5-4-6-10-19(15)16-11-14(17)9-8-13(16)12-18-2/h8-9,11,15,18H,3-7,10,12H2,1-2H3. The van der Waals surface area contributed by atoms with E-state index in [1.807, 2.05) is 13.1 Å². The van der Waals surface area contributed by atoms with Crippen molar-refractivity contribution in [2.75, 3.05) is 18.5 Å². The predicted octanol–water partition coefficient (Wildman–Crippen LogP) is 4.22. The van der Waals surface area contributed by atoms with Crippen LogP contribution in [0.4, 0.5) is 5.69 Å². The summed E-state index contributed by atoms with van der Waals surface area (Å²) in [5.41, 5.74) is 2.68. The largest absolute Gasteiger partial charge is 0.368 e. The van der Waals surface area contributed by atoms with Gasteiger partial charge in [-0.15, -0.1) is 0 Å². The van der Waals surface area contributed by atoms with E-state index >= 15 is 0 Å². The molecule has 1 atom stereocenters. The first-order valence-corrected chi connectivity index (χ1v) is 7.83. The number of halogens is 1. The van der Waals surface area contributed by atoms with Crippen molar-refractivity contribution in [3.63, 3.8) is 0 Å². The van der Waals surface area contributed by atoms with Crippen LogP contribution in [0.5, 0.6) is 0 Å². The Balaban J connectivity index is 2.33. The lowest BCUT2D eigenvalue weighted by Crippen LogP contribution is -2.35. The molecule has 0 saturated carbocycles. The second kappa shape index (κ2) is 7.16. The summed E-state index contributed by atoms with van der Waals surface area (Å²) < 4.78 is 0. The van der Waals surface area contributed by atoms with Gasteiger partial charge in [-0.2, -0.15) is 0 Å². The zero-order chi connectivity index (χ0) is 13.7. The Morgan fingerprint density at radius 3 is 2.89 bits per heavy atom. The van der Waals surface area contributed by atoms with Crippen LogP contribution in [0.2, 0.25) is 5.02 Å². The summed E-state index contributed by atoms with van der Waals surface area (Å²) in [7, 11) is 2.00. The summed E-state index contributed by atoms with van der Waals surface area (Å²) in [5, 5.41) is 4.10. The Morgan fingerprint density at radius 2 is 2.16 bits per heavy atom. The highest BCUT2D eigenvalue weighted by Gasteiger charge is 2.21. The van der Waals surface area contributed by atoms with Crippen molar-refractivity contribution in [1.82, 2.24) is 5.32 Å². The molecule has 106 valence electrons. The van der Waals surface area contributed by atoms with Crippen molar-refractivity contribution in [2.45, 2.75) is 51.6 Å². The van der Waals surface area contributed by atoms with E-state index in [-0.39, 0.29) is 0 Å². The lowest BCUT2D eigenvalue weighted by Gasteiger charge is -2.33. The second-order valence-electron chi connectivity index (χ2n) is 5.41. The highest BCUT2D eigenvalue weighted by Crippen LogP contribution is 2.31. The molecule has 1 aromatic rings. The summed E-state index contributed by atoms with van der Waals surface area (Å²) >= 11 is 6.22. The summed E-state index contributed by atoms with van der Waals surface area (Å²) in [6.45, 7) is 4.36. The van der Waals surface area contributed by atoms with Crippen LogP contribution in [-0.2, 0) is 6.54 Å². The van der Waals surface area contributed by atoms with Gasteiger partial charge in [0.2, 0.25) is 0 Å². The quantitative estimate of drug-likeness (QED) is 0.888. The zero-order valence-electron chi connectivity index (χ0n) is 12.1. The minimum Gasteiger partial charge on any atom is -0.368 e. The van der Waals surface area contributed by atoms with Gasteiger partial charge in [-0.3, -0.25) is 0 Å². The average molecular weight is 281 g/mol. The number of anilines is 1. The minimum atomic E-state index is 0.663. The maximum absolute atomic E-state index is 6.22. The lowest BCUT2D eigenvalue weighted by atomic mass is 10.0. The highest BCUT2D eigenvalue weighted by molar-refractivity contribution is 6.30. The van der Waals surface area contributed by atoms with Crippen LogP contribution < -0.4 is 10.2 Å². The number of hydrogen-bond acceptors (Lipinski definition) is 2. The molecule has 1 saturated heterocycles. The molecule has 0 spiro atoms. The normalized spacial score (nSPS) is 20.4. The molecule has 1 heterocycles. The van der Waals surface area contributed by atoms with Gasteiger partial charge in [0.1, 0.15) is 0 Å². The summed E-state index contributed by atoms with van der Waals surface area (Å²) in [6, 6.07) is 6.96. The molecule has 0 radical (unpaired) electrons. The van der Waals surface area contributed by atoms with Crippen LogP contribution in [-0.4, -0.2) is 19.6 Å². The number of hydrogen-bond donors (Lipinski definition) is 1. The lowest BCUT2D eigenvalue weighted by molar-refractivity contribution is 0.554. The second-order valence-corrected chi connectivity index (χ2v) is 5.84. The summed E-state index contributed by atoms with van der Waals surface area (Å²) in [6.07, 6.45) is 6.53. The topological polar surface area (TPSA) is 15.3 Å². The van der Waals surface area contributed by atoms with Gasteiger partial charge in [0.05, 0.1) is 0 Å². The number of nitrogens with one attached hydrogen (secondary N) is 1. The molecule has 1 aliphatic heterocycles. The fourth-order valence-corrected chi connectivity index (χ4v) is 3.23. The van der Waals surface area contributed by atoms with Crippen molar-refractivity contribution in [1.29, 1.82) is 0 Å². The van der Waals surface area contributed by atoms with Crippen LogP contribution in [0.15, 0.2) is 18.2 Å². The average Bonchev–Trinajstić information content (AvgIpc) is 2.66. The highest BCUT2D eigenvalue weighted by atomic mass is 35.5.